The van der Waals surface area contributed by atoms with Crippen molar-refractivity contribution >= 4 is 27.7 Å². The maximum atomic E-state index is 11.1. The van der Waals surface area contributed by atoms with E-state index in [9.17, 15) is 4.79 Å². The lowest BCUT2D eigenvalue weighted by Gasteiger charge is -2.19. The molecule has 1 aliphatic heterocycles. The van der Waals surface area contributed by atoms with Crippen LogP contribution in [0.4, 0.5) is 0 Å². The van der Waals surface area contributed by atoms with Crippen LogP contribution in [0.5, 0.6) is 0 Å². The van der Waals surface area contributed by atoms with Crippen LogP contribution in [-0.4, -0.2) is 16.9 Å². The molecule has 2 atom stereocenters. The fraction of sp³-hybridized carbons (Fsp3) is 0.0909. The molecule has 2 N–H and O–H groups in total. The summed E-state index contributed by atoms with van der Waals surface area (Å²) in [6.07, 6.45) is 0. The smallest absolute Gasteiger partial charge is 0.335 e. The predicted octanol–water partition coefficient (Wildman–Crippen LogP) is 4.98. The molecule has 0 saturated carbocycles. The molecule has 0 fully saturated rings. The fourth-order valence-electron chi connectivity index (χ4n) is 3.26. The number of aromatic carboxylic acids is 1. The number of nitrogens with one attached hydrogen (secondary N) is 1. The number of hydrogen-bond donors (Lipinski definition) is 2. The number of carboxylic acid groups (broad SMARTS) is 1. The first kappa shape index (κ1) is 17.5. The summed E-state index contributed by atoms with van der Waals surface area (Å²) < 4.78 is 1.03. The number of carbonyl (C=O) groups is 1. The van der Waals surface area contributed by atoms with E-state index in [1.54, 1.807) is 24.3 Å². The van der Waals surface area contributed by atoms with Crippen LogP contribution in [0.2, 0.25) is 0 Å². The van der Waals surface area contributed by atoms with Crippen molar-refractivity contribution in [1.82, 2.24) is 5.32 Å². The van der Waals surface area contributed by atoms with Gasteiger partial charge in [-0.05, 0) is 35.4 Å². The van der Waals surface area contributed by atoms with E-state index >= 15 is 0 Å². The van der Waals surface area contributed by atoms with Crippen LogP contribution in [0, 0.1) is 0 Å². The van der Waals surface area contributed by atoms with E-state index in [-0.39, 0.29) is 17.6 Å². The monoisotopic (exact) mass is 420 g/mol. The third kappa shape index (κ3) is 3.64. The molecule has 3 aromatic rings. The van der Waals surface area contributed by atoms with Gasteiger partial charge < -0.3 is 10.4 Å². The molecule has 134 valence electrons. The van der Waals surface area contributed by atoms with Gasteiger partial charge in [-0.25, -0.2) is 4.79 Å². The van der Waals surface area contributed by atoms with Gasteiger partial charge in [0.1, 0.15) is 11.9 Å². The molecular formula is C22H17BrN2O2. The average Bonchev–Trinajstić information content (AvgIpc) is 3.15. The summed E-state index contributed by atoms with van der Waals surface area (Å²) in [7, 11) is 0. The molecule has 0 aliphatic carbocycles. The summed E-state index contributed by atoms with van der Waals surface area (Å²) in [5.41, 5.74) is 3.42. The second kappa shape index (κ2) is 7.37. The van der Waals surface area contributed by atoms with Crippen molar-refractivity contribution in [3.05, 3.63) is 106 Å². The Kier molecular flexibility index (Phi) is 4.77. The van der Waals surface area contributed by atoms with Crippen LogP contribution in [-0.2, 0) is 0 Å². The summed E-state index contributed by atoms with van der Waals surface area (Å²) in [6.45, 7) is 0. The van der Waals surface area contributed by atoms with Gasteiger partial charge in [0.25, 0.3) is 0 Å². The Balaban J connectivity index is 1.71. The third-order valence-electron chi connectivity index (χ3n) is 4.65. The number of rotatable bonds is 4. The summed E-state index contributed by atoms with van der Waals surface area (Å²) >= 11 is 3.48. The molecule has 0 aromatic heterocycles. The Hall–Kier alpha value is -2.92. The van der Waals surface area contributed by atoms with Gasteiger partial charge in [0.2, 0.25) is 0 Å². The van der Waals surface area contributed by atoms with Crippen molar-refractivity contribution in [1.29, 1.82) is 0 Å². The van der Waals surface area contributed by atoms with Gasteiger partial charge in [-0.3, -0.25) is 4.99 Å². The molecule has 4 rings (SSSR count). The summed E-state index contributed by atoms with van der Waals surface area (Å²) in [5, 5.41) is 12.6. The zero-order valence-electron chi connectivity index (χ0n) is 14.3. The normalized spacial score (nSPS) is 18.6. The van der Waals surface area contributed by atoms with Gasteiger partial charge in [0.15, 0.2) is 0 Å². The zero-order valence-corrected chi connectivity index (χ0v) is 15.9. The van der Waals surface area contributed by atoms with Gasteiger partial charge in [-0.1, -0.05) is 70.5 Å². The van der Waals surface area contributed by atoms with Crippen molar-refractivity contribution in [3.63, 3.8) is 0 Å². The Labute approximate surface area is 165 Å². The Morgan fingerprint density at radius 1 is 0.889 bits per heavy atom. The number of hydrogen-bond acceptors (Lipinski definition) is 3. The minimum absolute atomic E-state index is 0.00894. The second-order valence-electron chi connectivity index (χ2n) is 6.39. The molecule has 1 heterocycles. The molecule has 1 aliphatic rings. The summed E-state index contributed by atoms with van der Waals surface area (Å²) in [5.74, 6) is -0.161. The largest absolute Gasteiger partial charge is 0.478 e. The first-order valence-corrected chi connectivity index (χ1v) is 9.39. The van der Waals surface area contributed by atoms with Gasteiger partial charge in [0, 0.05) is 10.0 Å². The van der Waals surface area contributed by atoms with Crippen LogP contribution in [0.3, 0.4) is 0 Å². The number of halogens is 1. The van der Waals surface area contributed by atoms with Crippen LogP contribution in [0.15, 0.2) is 88.3 Å². The van der Waals surface area contributed by atoms with Crippen LogP contribution < -0.4 is 5.32 Å². The highest BCUT2D eigenvalue weighted by Gasteiger charge is 2.31. The van der Waals surface area contributed by atoms with Crippen LogP contribution >= 0.6 is 15.9 Å². The van der Waals surface area contributed by atoms with Gasteiger partial charge >= 0.3 is 5.97 Å². The van der Waals surface area contributed by atoms with Gasteiger partial charge in [-0.15, -0.1) is 0 Å². The SMILES string of the molecule is O=C(O)c1ccc(C2=NC(c3ccccc3)C(c3ccc(Br)cc3)N2)cc1. The number of aliphatic imine (C=N–C) groups is 1. The molecular weight excluding hydrogens is 404 g/mol. The van der Waals surface area contributed by atoms with E-state index in [2.05, 4.69) is 45.5 Å². The maximum absolute atomic E-state index is 11.1. The first-order chi connectivity index (χ1) is 13.1. The van der Waals surface area contributed by atoms with E-state index in [4.69, 9.17) is 10.1 Å². The Morgan fingerprint density at radius 2 is 1.56 bits per heavy atom. The minimum Gasteiger partial charge on any atom is -0.478 e. The molecule has 0 spiro atoms. The van der Waals surface area contributed by atoms with Crippen molar-refractivity contribution in [2.24, 2.45) is 4.99 Å². The lowest BCUT2D eigenvalue weighted by atomic mass is 9.95. The fourth-order valence-corrected chi connectivity index (χ4v) is 3.52. The van der Waals surface area contributed by atoms with E-state index in [1.807, 2.05) is 30.3 Å². The molecule has 2 unspecified atom stereocenters. The Bertz CT molecular complexity index is 983. The molecule has 0 bridgehead atoms. The molecule has 4 nitrogen and oxygen atoms in total. The molecule has 0 saturated heterocycles. The highest BCUT2D eigenvalue weighted by Crippen LogP contribution is 2.37. The minimum atomic E-state index is -0.933. The molecule has 27 heavy (non-hydrogen) atoms. The zero-order chi connectivity index (χ0) is 18.8. The standard InChI is InChI=1S/C22H17BrN2O2/c23-18-12-10-15(11-13-18)20-19(14-4-2-1-3-5-14)24-21(25-20)16-6-8-17(9-7-16)22(26)27/h1-13,19-20H,(H,24,25)(H,26,27). The number of benzene rings is 3. The van der Waals surface area contributed by atoms with Gasteiger partial charge in [-0.2, -0.15) is 0 Å². The molecule has 3 aromatic carbocycles. The van der Waals surface area contributed by atoms with Crippen molar-refractivity contribution in [3.8, 4) is 0 Å². The maximum Gasteiger partial charge on any atom is 0.335 e. The lowest BCUT2D eigenvalue weighted by molar-refractivity contribution is 0.0697. The van der Waals surface area contributed by atoms with Crippen molar-refractivity contribution in [2.45, 2.75) is 12.1 Å². The van der Waals surface area contributed by atoms with Crippen molar-refractivity contribution in [2.75, 3.05) is 0 Å². The first-order valence-electron chi connectivity index (χ1n) is 8.60. The van der Waals surface area contributed by atoms with E-state index in [0.717, 1.165) is 27.0 Å². The summed E-state index contributed by atoms with van der Waals surface area (Å²) in [6, 6.07) is 25.2. The third-order valence-corrected chi connectivity index (χ3v) is 5.18. The molecule has 0 amide bonds. The van der Waals surface area contributed by atoms with Crippen molar-refractivity contribution < 1.29 is 9.90 Å². The molecule has 0 radical (unpaired) electrons. The number of carboxylic acids is 1. The Morgan fingerprint density at radius 3 is 2.19 bits per heavy atom. The van der Waals surface area contributed by atoms with E-state index in [1.165, 1.54) is 0 Å². The summed E-state index contributed by atoms with van der Waals surface area (Å²) in [4.78, 5) is 16.0. The van der Waals surface area contributed by atoms with Gasteiger partial charge in [0.05, 0.1) is 11.6 Å². The van der Waals surface area contributed by atoms with E-state index in [0.29, 0.717) is 0 Å². The highest BCUT2D eigenvalue weighted by atomic mass is 79.9. The second-order valence-corrected chi connectivity index (χ2v) is 7.30. The topological polar surface area (TPSA) is 61.7 Å². The average molecular weight is 421 g/mol. The highest BCUT2D eigenvalue weighted by molar-refractivity contribution is 9.10. The van der Waals surface area contributed by atoms with Crippen LogP contribution in [0.25, 0.3) is 0 Å². The molecule has 5 heteroatoms. The number of amidine groups is 1. The predicted molar refractivity (Wildman–Crippen MR) is 109 cm³/mol. The quantitative estimate of drug-likeness (QED) is 0.625. The van der Waals surface area contributed by atoms with Crippen LogP contribution in [0.1, 0.15) is 39.1 Å². The lowest BCUT2D eigenvalue weighted by Crippen LogP contribution is -2.25. The number of nitrogens with zero attached hydrogens (tertiary/aromatic N) is 1. The van der Waals surface area contributed by atoms with E-state index < -0.39 is 5.97 Å².